The van der Waals surface area contributed by atoms with Crippen molar-refractivity contribution in [2.75, 3.05) is 0 Å². The maximum atomic E-state index is 10.8. The maximum Gasteiger partial charge on any atom is 0.309 e. The van der Waals surface area contributed by atoms with Crippen LogP contribution in [0.1, 0.15) is 18.2 Å². The smallest absolute Gasteiger partial charge is 0.309 e. The number of aromatic nitrogens is 3. The van der Waals surface area contributed by atoms with Crippen molar-refractivity contribution in [3.05, 3.63) is 35.7 Å². The maximum absolute atomic E-state index is 10.8. The van der Waals surface area contributed by atoms with E-state index in [0.717, 1.165) is 28.9 Å². The number of hydrogen-bond donors (Lipinski definition) is 1. The molecule has 0 atom stereocenters. The second kappa shape index (κ2) is 4.12. The van der Waals surface area contributed by atoms with Crippen molar-refractivity contribution < 1.29 is 9.90 Å². The number of fused-ring (bicyclic) bond motifs is 3. The summed E-state index contributed by atoms with van der Waals surface area (Å²) < 4.78 is 3.80. The molecule has 0 fully saturated rings. The first-order valence-electron chi connectivity index (χ1n) is 6.27. The molecule has 0 aliphatic carbocycles. The second-order valence-electron chi connectivity index (χ2n) is 4.71. The minimum Gasteiger partial charge on any atom is -0.481 e. The van der Waals surface area contributed by atoms with Crippen molar-refractivity contribution in [1.82, 2.24) is 14.0 Å². The van der Waals surface area contributed by atoms with E-state index < -0.39 is 5.97 Å². The van der Waals surface area contributed by atoms with Crippen LogP contribution in [0.15, 0.2) is 24.4 Å². The first-order valence-corrected chi connectivity index (χ1v) is 6.27. The highest BCUT2D eigenvalue weighted by Crippen LogP contribution is 2.20. The van der Waals surface area contributed by atoms with E-state index in [2.05, 4.69) is 24.0 Å². The van der Waals surface area contributed by atoms with Crippen LogP contribution in [0.5, 0.6) is 0 Å². The van der Waals surface area contributed by atoms with E-state index in [1.165, 1.54) is 5.56 Å². The molecule has 98 valence electrons. The SMILES string of the molecule is CCc1ccc2nc3n(C)c(CC(=O)O)cn3c2c1. The van der Waals surface area contributed by atoms with Crippen molar-refractivity contribution >= 4 is 22.8 Å². The Morgan fingerprint density at radius 1 is 1.42 bits per heavy atom. The third kappa shape index (κ3) is 1.78. The third-order valence-electron chi connectivity index (χ3n) is 3.48. The molecule has 5 nitrogen and oxygen atoms in total. The van der Waals surface area contributed by atoms with Gasteiger partial charge in [-0.2, -0.15) is 0 Å². The van der Waals surface area contributed by atoms with Crippen LogP contribution in [0.2, 0.25) is 0 Å². The number of rotatable bonds is 3. The molecule has 3 rings (SSSR count). The summed E-state index contributed by atoms with van der Waals surface area (Å²) in [6.45, 7) is 2.11. The Morgan fingerprint density at radius 2 is 2.21 bits per heavy atom. The van der Waals surface area contributed by atoms with Crippen LogP contribution in [-0.2, 0) is 24.7 Å². The van der Waals surface area contributed by atoms with Gasteiger partial charge in [0.05, 0.1) is 17.5 Å². The zero-order chi connectivity index (χ0) is 13.6. The van der Waals surface area contributed by atoms with E-state index in [0.29, 0.717) is 0 Å². The fourth-order valence-corrected chi connectivity index (χ4v) is 2.39. The van der Waals surface area contributed by atoms with Crippen molar-refractivity contribution in [1.29, 1.82) is 0 Å². The quantitative estimate of drug-likeness (QED) is 0.780. The van der Waals surface area contributed by atoms with Crippen molar-refractivity contribution in [3.63, 3.8) is 0 Å². The zero-order valence-electron chi connectivity index (χ0n) is 10.9. The molecule has 0 unspecified atom stereocenters. The summed E-state index contributed by atoms with van der Waals surface area (Å²) in [6.07, 6.45) is 2.84. The van der Waals surface area contributed by atoms with Gasteiger partial charge in [-0.25, -0.2) is 4.98 Å². The van der Waals surface area contributed by atoms with Gasteiger partial charge in [0.2, 0.25) is 5.78 Å². The van der Waals surface area contributed by atoms with E-state index in [1.807, 2.05) is 28.3 Å². The normalized spacial score (nSPS) is 11.5. The largest absolute Gasteiger partial charge is 0.481 e. The zero-order valence-corrected chi connectivity index (χ0v) is 10.9. The second-order valence-corrected chi connectivity index (χ2v) is 4.71. The molecule has 19 heavy (non-hydrogen) atoms. The number of carboxylic acid groups (broad SMARTS) is 1. The van der Waals surface area contributed by atoms with Gasteiger partial charge >= 0.3 is 5.97 Å². The summed E-state index contributed by atoms with van der Waals surface area (Å²) >= 11 is 0. The average molecular weight is 257 g/mol. The number of imidazole rings is 2. The van der Waals surface area contributed by atoms with Gasteiger partial charge in [-0.1, -0.05) is 13.0 Å². The molecular formula is C14H15N3O2. The molecule has 0 aliphatic rings. The fraction of sp³-hybridized carbons (Fsp3) is 0.286. The first kappa shape index (κ1) is 11.8. The van der Waals surface area contributed by atoms with Gasteiger partial charge in [0.15, 0.2) is 0 Å². The molecule has 0 amide bonds. The highest BCUT2D eigenvalue weighted by Gasteiger charge is 2.13. The number of hydrogen-bond acceptors (Lipinski definition) is 2. The van der Waals surface area contributed by atoms with Gasteiger partial charge < -0.3 is 9.67 Å². The summed E-state index contributed by atoms with van der Waals surface area (Å²) in [4.78, 5) is 15.4. The van der Waals surface area contributed by atoms with Gasteiger partial charge in [-0.15, -0.1) is 0 Å². The number of benzene rings is 1. The molecule has 0 saturated heterocycles. The van der Waals surface area contributed by atoms with Gasteiger partial charge in [0, 0.05) is 18.9 Å². The Kier molecular flexibility index (Phi) is 2.55. The van der Waals surface area contributed by atoms with Crippen LogP contribution >= 0.6 is 0 Å². The molecule has 0 aliphatic heterocycles. The topological polar surface area (TPSA) is 59.5 Å². The number of aliphatic carboxylic acids is 1. The minimum absolute atomic E-state index is 0.00875. The van der Waals surface area contributed by atoms with Crippen molar-refractivity contribution in [3.8, 4) is 0 Å². The molecule has 3 aromatic rings. The van der Waals surface area contributed by atoms with Gasteiger partial charge in [-0.3, -0.25) is 9.20 Å². The van der Waals surface area contributed by atoms with Gasteiger partial charge in [-0.05, 0) is 24.1 Å². The van der Waals surface area contributed by atoms with Crippen LogP contribution in [0.25, 0.3) is 16.8 Å². The van der Waals surface area contributed by atoms with E-state index in [9.17, 15) is 4.79 Å². The average Bonchev–Trinajstić information content (AvgIpc) is 2.87. The number of aryl methyl sites for hydroxylation is 2. The fourth-order valence-electron chi connectivity index (χ4n) is 2.39. The highest BCUT2D eigenvalue weighted by atomic mass is 16.4. The molecule has 1 aromatic carbocycles. The van der Waals surface area contributed by atoms with E-state index in [-0.39, 0.29) is 6.42 Å². The molecule has 2 heterocycles. The predicted octanol–water partition coefficient (Wildman–Crippen LogP) is 2.02. The van der Waals surface area contributed by atoms with Crippen LogP contribution in [0, 0.1) is 0 Å². The monoisotopic (exact) mass is 257 g/mol. The molecule has 5 heteroatoms. The third-order valence-corrected chi connectivity index (χ3v) is 3.48. The Bertz CT molecular complexity index is 783. The summed E-state index contributed by atoms with van der Waals surface area (Å²) in [5, 5.41) is 8.91. The van der Waals surface area contributed by atoms with Crippen LogP contribution < -0.4 is 0 Å². The number of carbonyl (C=O) groups is 1. The number of nitrogens with zero attached hydrogens (tertiary/aromatic N) is 3. The lowest BCUT2D eigenvalue weighted by molar-refractivity contribution is -0.136. The lowest BCUT2D eigenvalue weighted by atomic mass is 10.1. The minimum atomic E-state index is -0.831. The molecule has 2 aromatic heterocycles. The van der Waals surface area contributed by atoms with E-state index in [4.69, 9.17) is 5.11 Å². The summed E-state index contributed by atoms with van der Waals surface area (Å²) in [5.74, 6) is -0.0538. The Balaban J connectivity index is 2.26. The predicted molar refractivity (Wildman–Crippen MR) is 72.4 cm³/mol. The molecule has 0 radical (unpaired) electrons. The standard InChI is InChI=1S/C14H15N3O2/c1-3-9-4-5-11-12(6-9)17-8-10(7-13(18)19)16(2)14(17)15-11/h4-6,8H,3,7H2,1-2H3,(H,18,19). The Labute approximate surface area is 110 Å². The van der Waals surface area contributed by atoms with Crippen LogP contribution in [0.4, 0.5) is 0 Å². The van der Waals surface area contributed by atoms with Crippen molar-refractivity contribution in [2.45, 2.75) is 19.8 Å². The summed E-state index contributed by atoms with van der Waals surface area (Å²) in [7, 11) is 1.85. The number of carboxylic acids is 1. The molecule has 0 spiro atoms. The summed E-state index contributed by atoms with van der Waals surface area (Å²) in [6, 6.07) is 6.20. The van der Waals surface area contributed by atoms with E-state index in [1.54, 1.807) is 0 Å². The first-order chi connectivity index (χ1) is 9.10. The van der Waals surface area contributed by atoms with E-state index >= 15 is 0 Å². The Morgan fingerprint density at radius 3 is 2.89 bits per heavy atom. The summed E-state index contributed by atoms with van der Waals surface area (Å²) in [5.41, 5.74) is 3.96. The lowest BCUT2D eigenvalue weighted by Gasteiger charge is -1.97. The van der Waals surface area contributed by atoms with Crippen molar-refractivity contribution in [2.24, 2.45) is 7.05 Å². The molecule has 0 saturated carbocycles. The van der Waals surface area contributed by atoms with Crippen LogP contribution in [-0.4, -0.2) is 25.0 Å². The molecular weight excluding hydrogens is 242 g/mol. The highest BCUT2D eigenvalue weighted by molar-refractivity contribution is 5.81. The molecule has 1 N–H and O–H groups in total. The lowest BCUT2D eigenvalue weighted by Crippen LogP contribution is -2.05. The van der Waals surface area contributed by atoms with Gasteiger partial charge in [0.1, 0.15) is 0 Å². The van der Waals surface area contributed by atoms with Gasteiger partial charge in [0.25, 0.3) is 0 Å². The Hall–Kier alpha value is -2.30. The molecule has 0 bridgehead atoms. The van der Waals surface area contributed by atoms with Crippen LogP contribution in [0.3, 0.4) is 0 Å².